The van der Waals surface area contributed by atoms with E-state index in [1.165, 1.54) is 83.5 Å². The first-order valence-corrected chi connectivity index (χ1v) is 29.0. The summed E-state index contributed by atoms with van der Waals surface area (Å²) in [4.78, 5) is 38.1. The molecule has 0 spiro atoms. The molecule has 0 N–H and O–H groups in total. The molecule has 0 aromatic heterocycles. The molecule has 402 valence electrons. The highest BCUT2D eigenvalue weighted by Crippen LogP contribution is 2.14. The highest BCUT2D eigenvalue weighted by Gasteiger charge is 2.19. The van der Waals surface area contributed by atoms with E-state index >= 15 is 0 Å². The minimum atomic E-state index is -0.813. The fraction of sp³-hybridized carbons (Fsp3) is 0.646. The van der Waals surface area contributed by atoms with Crippen molar-refractivity contribution >= 4 is 17.9 Å². The van der Waals surface area contributed by atoms with Gasteiger partial charge in [-0.15, -0.1) is 0 Å². The SMILES string of the molecule is CC/C=C\C/C=C\C/C=C\C/C=C\C/C=C\C/C=C\C/C=C\CCCC(=O)OCC(COC(=O)CCCCCCC/C=C\C/C=C\CCC)OC(=O)CCCCCCCCC/C=C\CCCCCCCC. The van der Waals surface area contributed by atoms with Crippen molar-refractivity contribution in [2.75, 3.05) is 13.2 Å². The topological polar surface area (TPSA) is 78.9 Å². The van der Waals surface area contributed by atoms with Crippen LogP contribution in [0.1, 0.15) is 252 Å². The van der Waals surface area contributed by atoms with Gasteiger partial charge in [-0.1, -0.05) is 232 Å². The summed E-state index contributed by atoms with van der Waals surface area (Å²) in [5.74, 6) is -0.989. The molecule has 0 saturated heterocycles. The van der Waals surface area contributed by atoms with Gasteiger partial charge in [-0.25, -0.2) is 0 Å². The average Bonchev–Trinajstić information content (AvgIpc) is 3.37. The molecule has 0 aromatic carbocycles. The Bertz CT molecular complexity index is 1500. The lowest BCUT2D eigenvalue weighted by atomic mass is 10.1. The van der Waals surface area contributed by atoms with Gasteiger partial charge in [0.15, 0.2) is 6.10 Å². The Kier molecular flexibility index (Phi) is 54.9. The predicted octanol–water partition coefficient (Wildman–Crippen LogP) is 19.6. The summed E-state index contributed by atoms with van der Waals surface area (Å²) in [5, 5.41) is 0. The summed E-state index contributed by atoms with van der Waals surface area (Å²) in [6.07, 6.45) is 80.5. The van der Waals surface area contributed by atoms with E-state index in [0.717, 1.165) is 122 Å². The van der Waals surface area contributed by atoms with Crippen LogP contribution in [0.2, 0.25) is 0 Å². The molecule has 6 heteroatoms. The summed E-state index contributed by atoms with van der Waals surface area (Å²) in [7, 11) is 0. The summed E-state index contributed by atoms with van der Waals surface area (Å²) in [5.41, 5.74) is 0. The molecule has 0 aliphatic carbocycles. The van der Waals surface area contributed by atoms with Gasteiger partial charge in [-0.3, -0.25) is 14.4 Å². The number of hydrogen-bond acceptors (Lipinski definition) is 6. The molecule has 0 aliphatic heterocycles. The zero-order valence-electron chi connectivity index (χ0n) is 45.9. The average molecular weight is 984 g/mol. The third-order valence-corrected chi connectivity index (χ3v) is 11.9. The fourth-order valence-electron chi connectivity index (χ4n) is 7.58. The highest BCUT2D eigenvalue weighted by molar-refractivity contribution is 5.71. The van der Waals surface area contributed by atoms with E-state index < -0.39 is 6.10 Å². The van der Waals surface area contributed by atoms with E-state index in [1.54, 1.807) is 0 Å². The van der Waals surface area contributed by atoms with Gasteiger partial charge in [0.2, 0.25) is 0 Å². The molecule has 0 amide bonds. The first-order valence-electron chi connectivity index (χ1n) is 29.0. The van der Waals surface area contributed by atoms with Crippen LogP contribution < -0.4 is 0 Å². The molecule has 0 heterocycles. The summed E-state index contributed by atoms with van der Waals surface area (Å²) >= 11 is 0. The number of hydrogen-bond donors (Lipinski definition) is 0. The molecular weight excluding hydrogens is 877 g/mol. The van der Waals surface area contributed by atoms with Crippen LogP contribution in [0.5, 0.6) is 0 Å². The van der Waals surface area contributed by atoms with Crippen molar-refractivity contribution in [2.45, 2.75) is 258 Å². The molecule has 0 aromatic rings. The monoisotopic (exact) mass is 983 g/mol. The Morgan fingerprint density at radius 3 is 0.986 bits per heavy atom. The second-order valence-corrected chi connectivity index (χ2v) is 18.8. The van der Waals surface area contributed by atoms with E-state index in [1.807, 2.05) is 0 Å². The van der Waals surface area contributed by atoms with Gasteiger partial charge in [0.05, 0.1) is 0 Å². The number of unbranched alkanes of at least 4 members (excludes halogenated alkanes) is 20. The molecule has 71 heavy (non-hydrogen) atoms. The van der Waals surface area contributed by atoms with Crippen molar-refractivity contribution in [3.8, 4) is 0 Å². The minimum Gasteiger partial charge on any atom is -0.462 e. The molecule has 1 atom stereocenters. The predicted molar refractivity (Wildman–Crippen MR) is 306 cm³/mol. The first kappa shape index (κ1) is 66.8. The van der Waals surface area contributed by atoms with Crippen molar-refractivity contribution in [3.05, 3.63) is 122 Å². The molecular formula is C65H106O6. The van der Waals surface area contributed by atoms with Crippen LogP contribution in [-0.2, 0) is 28.6 Å². The molecule has 0 fully saturated rings. The molecule has 0 rings (SSSR count). The third-order valence-electron chi connectivity index (χ3n) is 11.9. The highest BCUT2D eigenvalue weighted by atomic mass is 16.6. The maximum absolute atomic E-state index is 12.9. The molecule has 0 bridgehead atoms. The lowest BCUT2D eigenvalue weighted by molar-refractivity contribution is -0.167. The van der Waals surface area contributed by atoms with E-state index in [2.05, 4.69) is 142 Å². The lowest BCUT2D eigenvalue weighted by Gasteiger charge is -2.18. The molecule has 0 aliphatic rings. The van der Waals surface area contributed by atoms with Gasteiger partial charge in [0, 0.05) is 19.3 Å². The minimum absolute atomic E-state index is 0.108. The van der Waals surface area contributed by atoms with E-state index in [4.69, 9.17) is 14.2 Å². The van der Waals surface area contributed by atoms with Crippen LogP contribution in [0.3, 0.4) is 0 Å². The van der Waals surface area contributed by atoms with Crippen molar-refractivity contribution in [2.24, 2.45) is 0 Å². The molecule has 0 saturated carbocycles. The van der Waals surface area contributed by atoms with Gasteiger partial charge in [-0.2, -0.15) is 0 Å². The van der Waals surface area contributed by atoms with Gasteiger partial charge in [0.25, 0.3) is 0 Å². The van der Waals surface area contributed by atoms with E-state index in [9.17, 15) is 14.4 Å². The van der Waals surface area contributed by atoms with Crippen molar-refractivity contribution in [3.63, 3.8) is 0 Å². The van der Waals surface area contributed by atoms with Gasteiger partial charge < -0.3 is 14.2 Å². The van der Waals surface area contributed by atoms with Crippen LogP contribution in [-0.4, -0.2) is 37.2 Å². The Morgan fingerprint density at radius 2 is 0.592 bits per heavy atom. The van der Waals surface area contributed by atoms with Crippen LogP contribution in [0.4, 0.5) is 0 Å². The maximum Gasteiger partial charge on any atom is 0.306 e. The third kappa shape index (κ3) is 56.6. The standard InChI is InChI=1S/C65H106O6/c1-4-7-10-13-16-19-22-25-27-29-30-31-32-33-34-36-37-40-43-46-49-52-55-58-64(67)70-61-62(60-69-63(66)57-54-51-48-45-42-39-24-21-18-15-12-9-6-3)71-65(68)59-56-53-50-47-44-41-38-35-28-26-23-20-17-14-11-8-5-2/h7,10,12,15-16,19,21,24-28,30-31,33-34,37,40,46,49,62H,4-6,8-9,11,13-14,17-18,20,22-23,29,32,35-36,38-39,41-45,47-48,50-61H2,1-3H3/b10-7-,15-12-,19-16-,24-21-,27-25-,28-26-,31-30-,34-33-,40-37-,49-46-. The van der Waals surface area contributed by atoms with Gasteiger partial charge in [0.1, 0.15) is 13.2 Å². The summed E-state index contributed by atoms with van der Waals surface area (Å²) in [6.45, 7) is 6.39. The molecule has 0 radical (unpaired) electrons. The van der Waals surface area contributed by atoms with Crippen molar-refractivity contribution < 1.29 is 28.6 Å². The van der Waals surface area contributed by atoms with Crippen LogP contribution in [0, 0.1) is 0 Å². The number of carbonyl (C=O) groups is 3. The van der Waals surface area contributed by atoms with Gasteiger partial charge in [-0.05, 0) is 122 Å². The Hall–Kier alpha value is -4.19. The first-order chi connectivity index (χ1) is 35.0. The van der Waals surface area contributed by atoms with Crippen molar-refractivity contribution in [1.82, 2.24) is 0 Å². The van der Waals surface area contributed by atoms with Crippen LogP contribution >= 0.6 is 0 Å². The van der Waals surface area contributed by atoms with Gasteiger partial charge >= 0.3 is 17.9 Å². The quantitative estimate of drug-likeness (QED) is 0.0261. The zero-order chi connectivity index (χ0) is 51.4. The smallest absolute Gasteiger partial charge is 0.306 e. The number of ether oxygens (including phenoxy) is 3. The van der Waals surface area contributed by atoms with Crippen LogP contribution in [0.25, 0.3) is 0 Å². The summed E-state index contributed by atoms with van der Waals surface area (Å²) < 4.78 is 16.8. The summed E-state index contributed by atoms with van der Waals surface area (Å²) in [6, 6.07) is 0. The Morgan fingerprint density at radius 1 is 0.296 bits per heavy atom. The number of rotatable bonds is 51. The molecule has 6 nitrogen and oxygen atoms in total. The second kappa shape index (κ2) is 58.4. The second-order valence-electron chi connectivity index (χ2n) is 18.8. The number of allylic oxidation sites excluding steroid dienone is 20. The Labute approximate surface area is 437 Å². The Balaban J connectivity index is 4.49. The zero-order valence-corrected chi connectivity index (χ0v) is 45.9. The van der Waals surface area contributed by atoms with E-state index in [-0.39, 0.29) is 37.5 Å². The molecule has 1 unspecified atom stereocenters. The number of carbonyl (C=O) groups excluding carboxylic acids is 3. The van der Waals surface area contributed by atoms with Crippen LogP contribution in [0.15, 0.2) is 122 Å². The van der Waals surface area contributed by atoms with Crippen molar-refractivity contribution in [1.29, 1.82) is 0 Å². The van der Waals surface area contributed by atoms with E-state index in [0.29, 0.717) is 19.3 Å². The normalized spacial score (nSPS) is 13.0. The fourth-order valence-corrected chi connectivity index (χ4v) is 7.58. The maximum atomic E-state index is 12.9. The largest absolute Gasteiger partial charge is 0.462 e. The number of esters is 3. The lowest BCUT2D eigenvalue weighted by Crippen LogP contribution is -2.30.